The lowest BCUT2D eigenvalue weighted by atomic mass is 10.1. The molecule has 0 aromatic heterocycles. The minimum absolute atomic E-state index is 0.0540. The van der Waals surface area contributed by atoms with Crippen molar-refractivity contribution in [3.05, 3.63) is 59.7 Å². The summed E-state index contributed by atoms with van der Waals surface area (Å²) in [5, 5.41) is 2.88. The number of nitrogens with zero attached hydrogens (tertiary/aromatic N) is 1. The fourth-order valence-corrected chi connectivity index (χ4v) is 3.83. The summed E-state index contributed by atoms with van der Waals surface area (Å²) in [7, 11) is 2.14. The predicted molar refractivity (Wildman–Crippen MR) is 131 cm³/mol. The third kappa shape index (κ3) is 9.15. The van der Waals surface area contributed by atoms with Gasteiger partial charge in [-0.15, -0.1) is 0 Å². The van der Waals surface area contributed by atoms with Gasteiger partial charge in [0, 0.05) is 38.8 Å². The van der Waals surface area contributed by atoms with Crippen molar-refractivity contribution in [3.8, 4) is 11.5 Å². The number of likely N-dealkylation sites (N-methyl/N-ethyl adjacent to an activating group) is 1. The lowest BCUT2D eigenvalue weighted by molar-refractivity contribution is -0.123. The lowest BCUT2D eigenvalue weighted by Crippen LogP contribution is -2.38. The molecule has 2 aromatic rings. The van der Waals surface area contributed by atoms with Gasteiger partial charge in [-0.2, -0.15) is 0 Å². The average molecular weight is 469 g/mol. The molecule has 1 aliphatic heterocycles. The topological polar surface area (TPSA) is 77.1 Å². The molecule has 2 aromatic carbocycles. The number of carbonyl (C=O) groups excluding carboxylic acids is 2. The van der Waals surface area contributed by atoms with Crippen molar-refractivity contribution in [2.45, 2.75) is 45.2 Å². The van der Waals surface area contributed by atoms with Crippen molar-refractivity contribution in [3.63, 3.8) is 0 Å². The van der Waals surface area contributed by atoms with E-state index < -0.39 is 0 Å². The van der Waals surface area contributed by atoms with E-state index in [0.717, 1.165) is 49.5 Å². The molecule has 0 unspecified atom stereocenters. The number of carbonyl (C=O) groups is 2. The van der Waals surface area contributed by atoms with E-state index in [9.17, 15) is 9.59 Å². The number of benzene rings is 2. The van der Waals surface area contributed by atoms with Crippen molar-refractivity contribution < 1.29 is 23.8 Å². The van der Waals surface area contributed by atoms with Gasteiger partial charge < -0.3 is 24.3 Å². The highest BCUT2D eigenvalue weighted by Crippen LogP contribution is 2.16. The SMILES string of the molecule is CC(=O)CCc1ccc(OCC(=O)NCc2cccc(OCCN(C)C3CCOCC3)c2)cc1. The summed E-state index contributed by atoms with van der Waals surface area (Å²) in [5.74, 6) is 1.41. The summed E-state index contributed by atoms with van der Waals surface area (Å²) in [6, 6.07) is 15.8. The fourth-order valence-electron chi connectivity index (χ4n) is 3.83. The molecule has 0 saturated carbocycles. The third-order valence-electron chi connectivity index (χ3n) is 5.97. The summed E-state index contributed by atoms with van der Waals surface area (Å²) >= 11 is 0. The van der Waals surface area contributed by atoms with Crippen LogP contribution in [-0.4, -0.2) is 62.7 Å². The van der Waals surface area contributed by atoms with Crippen molar-refractivity contribution in [1.82, 2.24) is 10.2 Å². The Morgan fingerprint density at radius 3 is 2.53 bits per heavy atom. The molecule has 0 bridgehead atoms. The number of Topliss-reactive ketones (excluding diaryl/α,β-unsaturated/α-hetero) is 1. The Morgan fingerprint density at radius 1 is 1.03 bits per heavy atom. The van der Waals surface area contributed by atoms with Gasteiger partial charge >= 0.3 is 0 Å². The largest absolute Gasteiger partial charge is 0.492 e. The highest BCUT2D eigenvalue weighted by Gasteiger charge is 2.18. The van der Waals surface area contributed by atoms with Crippen LogP contribution in [0.3, 0.4) is 0 Å². The van der Waals surface area contributed by atoms with Gasteiger partial charge in [0.15, 0.2) is 6.61 Å². The Hall–Kier alpha value is -2.90. The summed E-state index contributed by atoms with van der Waals surface area (Å²) in [4.78, 5) is 25.6. The molecule has 3 rings (SSSR count). The molecule has 0 aliphatic carbocycles. The quantitative estimate of drug-likeness (QED) is 0.486. The van der Waals surface area contributed by atoms with E-state index in [1.165, 1.54) is 0 Å². The van der Waals surface area contributed by atoms with Crippen LogP contribution in [0.15, 0.2) is 48.5 Å². The Bertz CT molecular complexity index is 909. The van der Waals surface area contributed by atoms with Gasteiger partial charge in [-0.05, 0) is 68.6 Å². The monoisotopic (exact) mass is 468 g/mol. The number of rotatable bonds is 13. The number of ketones is 1. The van der Waals surface area contributed by atoms with E-state index in [0.29, 0.717) is 37.8 Å². The van der Waals surface area contributed by atoms with Gasteiger partial charge in [0.05, 0.1) is 0 Å². The van der Waals surface area contributed by atoms with Gasteiger partial charge in [0.1, 0.15) is 23.9 Å². The lowest BCUT2D eigenvalue weighted by Gasteiger charge is -2.31. The van der Waals surface area contributed by atoms with Crippen LogP contribution in [-0.2, 0) is 27.3 Å². The zero-order chi connectivity index (χ0) is 24.2. The van der Waals surface area contributed by atoms with Crippen molar-refractivity contribution in [2.24, 2.45) is 0 Å². The van der Waals surface area contributed by atoms with Crippen LogP contribution < -0.4 is 14.8 Å². The van der Waals surface area contributed by atoms with Gasteiger partial charge in [-0.1, -0.05) is 24.3 Å². The minimum Gasteiger partial charge on any atom is -0.492 e. The van der Waals surface area contributed by atoms with Crippen molar-refractivity contribution in [1.29, 1.82) is 0 Å². The smallest absolute Gasteiger partial charge is 0.258 e. The Labute approximate surface area is 202 Å². The average Bonchev–Trinajstić information content (AvgIpc) is 2.86. The van der Waals surface area contributed by atoms with E-state index >= 15 is 0 Å². The molecular formula is C27H36N2O5. The highest BCUT2D eigenvalue weighted by atomic mass is 16.5. The second-order valence-electron chi connectivity index (χ2n) is 8.73. The predicted octanol–water partition coefficient (Wildman–Crippen LogP) is 3.39. The van der Waals surface area contributed by atoms with E-state index in [4.69, 9.17) is 14.2 Å². The zero-order valence-electron chi connectivity index (χ0n) is 20.3. The van der Waals surface area contributed by atoms with Crippen LogP contribution >= 0.6 is 0 Å². The first-order chi connectivity index (χ1) is 16.5. The van der Waals surface area contributed by atoms with Crippen LogP contribution in [0.4, 0.5) is 0 Å². The van der Waals surface area contributed by atoms with E-state index in [2.05, 4.69) is 17.3 Å². The van der Waals surface area contributed by atoms with Crippen LogP contribution in [0.25, 0.3) is 0 Å². The zero-order valence-corrected chi connectivity index (χ0v) is 20.3. The molecule has 1 heterocycles. The maximum absolute atomic E-state index is 12.2. The number of ether oxygens (including phenoxy) is 3. The molecule has 1 N–H and O–H groups in total. The van der Waals surface area contributed by atoms with Crippen LogP contribution in [0.5, 0.6) is 11.5 Å². The van der Waals surface area contributed by atoms with E-state index in [-0.39, 0.29) is 18.3 Å². The Balaban J connectivity index is 1.35. The first-order valence-electron chi connectivity index (χ1n) is 12.0. The molecule has 34 heavy (non-hydrogen) atoms. The van der Waals surface area contributed by atoms with E-state index in [1.54, 1.807) is 6.92 Å². The molecule has 0 spiro atoms. The second kappa shape index (κ2) is 13.7. The van der Waals surface area contributed by atoms with E-state index in [1.807, 2.05) is 48.5 Å². The molecule has 7 nitrogen and oxygen atoms in total. The van der Waals surface area contributed by atoms with Gasteiger partial charge in [-0.25, -0.2) is 0 Å². The molecule has 7 heteroatoms. The summed E-state index contributed by atoms with van der Waals surface area (Å²) in [6.07, 6.45) is 3.39. The summed E-state index contributed by atoms with van der Waals surface area (Å²) in [5.41, 5.74) is 2.04. The number of aryl methyl sites for hydroxylation is 1. The number of nitrogens with one attached hydrogen (secondary N) is 1. The van der Waals surface area contributed by atoms with Crippen molar-refractivity contribution in [2.75, 3.05) is 40.0 Å². The Kier molecular flexibility index (Phi) is 10.4. The highest BCUT2D eigenvalue weighted by molar-refractivity contribution is 5.77. The molecular weight excluding hydrogens is 432 g/mol. The summed E-state index contributed by atoms with van der Waals surface area (Å²) < 4.78 is 16.9. The first kappa shape index (κ1) is 25.7. The molecule has 1 fully saturated rings. The van der Waals surface area contributed by atoms with Gasteiger partial charge in [0.25, 0.3) is 5.91 Å². The third-order valence-corrected chi connectivity index (χ3v) is 5.97. The van der Waals surface area contributed by atoms with Crippen LogP contribution in [0, 0.1) is 0 Å². The van der Waals surface area contributed by atoms with Gasteiger partial charge in [0.2, 0.25) is 0 Å². The number of amides is 1. The molecule has 0 radical (unpaired) electrons. The maximum atomic E-state index is 12.2. The van der Waals surface area contributed by atoms with Crippen molar-refractivity contribution >= 4 is 11.7 Å². The molecule has 1 saturated heterocycles. The fraction of sp³-hybridized carbons (Fsp3) is 0.481. The standard InChI is InChI=1S/C27H36N2O5/c1-21(30)6-7-22-8-10-25(11-9-22)34-20-27(31)28-19-23-4-3-5-26(18-23)33-17-14-29(2)24-12-15-32-16-13-24/h3-5,8-11,18,24H,6-7,12-17,19-20H2,1-2H3,(H,28,31). The van der Waals surface area contributed by atoms with Crippen LogP contribution in [0.1, 0.15) is 37.3 Å². The molecule has 1 amide bonds. The Morgan fingerprint density at radius 2 is 1.79 bits per heavy atom. The molecule has 184 valence electrons. The second-order valence-corrected chi connectivity index (χ2v) is 8.73. The summed E-state index contributed by atoms with van der Waals surface area (Å²) in [6.45, 7) is 5.10. The first-order valence-corrected chi connectivity index (χ1v) is 12.0. The van der Waals surface area contributed by atoms with Gasteiger partial charge in [-0.3, -0.25) is 9.69 Å². The molecule has 1 aliphatic rings. The normalized spacial score (nSPS) is 14.1. The maximum Gasteiger partial charge on any atom is 0.258 e. The molecule has 0 atom stereocenters. The minimum atomic E-state index is -0.190. The van der Waals surface area contributed by atoms with Crippen LogP contribution in [0.2, 0.25) is 0 Å². The number of hydrogen-bond donors (Lipinski definition) is 1. The number of hydrogen-bond acceptors (Lipinski definition) is 6.